The number of fused-ring (bicyclic) bond motifs is 1. The summed E-state index contributed by atoms with van der Waals surface area (Å²) in [4.78, 5) is 0.178. The second-order valence-corrected chi connectivity index (χ2v) is 7.36. The normalized spacial score (nSPS) is 14.6. The molecule has 0 unspecified atom stereocenters. The first-order valence-electron chi connectivity index (χ1n) is 7.86. The summed E-state index contributed by atoms with van der Waals surface area (Å²) in [6.45, 7) is 4.03. The molecule has 2 aromatic carbocycles. The summed E-state index contributed by atoms with van der Waals surface area (Å²) in [5, 5.41) is 0. The van der Waals surface area contributed by atoms with Gasteiger partial charge in [-0.2, -0.15) is 8.42 Å². The van der Waals surface area contributed by atoms with Gasteiger partial charge in [0.15, 0.2) is 11.5 Å². The van der Waals surface area contributed by atoms with Crippen LogP contribution < -0.4 is 9.47 Å². The van der Waals surface area contributed by atoms with Gasteiger partial charge in [0.05, 0.1) is 11.0 Å². The molecule has 0 bridgehead atoms. The highest BCUT2D eigenvalue weighted by Gasteiger charge is 2.22. The van der Waals surface area contributed by atoms with Crippen LogP contribution in [0.5, 0.6) is 11.5 Å². The first kappa shape index (κ1) is 16.8. The van der Waals surface area contributed by atoms with E-state index in [0.717, 1.165) is 11.1 Å². The lowest BCUT2D eigenvalue weighted by Gasteiger charge is -2.16. The van der Waals surface area contributed by atoms with Gasteiger partial charge >= 0.3 is 0 Å². The van der Waals surface area contributed by atoms with E-state index in [-0.39, 0.29) is 11.7 Å². The van der Waals surface area contributed by atoms with Gasteiger partial charge in [0.1, 0.15) is 0 Å². The third-order valence-corrected chi connectivity index (χ3v) is 5.30. The molecule has 6 heteroatoms. The number of ether oxygens (including phenoxy) is 2. The molecule has 0 N–H and O–H groups in total. The maximum atomic E-state index is 12.4. The first-order valence-corrected chi connectivity index (χ1v) is 9.27. The van der Waals surface area contributed by atoms with Crippen LogP contribution in [-0.4, -0.2) is 21.3 Å². The molecule has 1 heterocycles. The van der Waals surface area contributed by atoms with Crippen molar-refractivity contribution in [3.05, 3.63) is 53.6 Å². The lowest BCUT2D eigenvalue weighted by Crippen LogP contribution is -2.20. The molecule has 5 nitrogen and oxygen atoms in total. The van der Waals surface area contributed by atoms with Gasteiger partial charge in [-0.05, 0) is 43.2 Å². The van der Waals surface area contributed by atoms with Crippen molar-refractivity contribution < 1.29 is 22.1 Å². The molecule has 1 aliphatic rings. The van der Waals surface area contributed by atoms with Crippen LogP contribution in [0.15, 0.2) is 47.4 Å². The van der Waals surface area contributed by atoms with Gasteiger partial charge in [0.25, 0.3) is 10.1 Å². The molecule has 3 rings (SSSR count). The molecular weight excluding hydrogens is 328 g/mol. The van der Waals surface area contributed by atoms with Crippen LogP contribution >= 0.6 is 0 Å². The Bertz CT molecular complexity index is 812. The summed E-state index contributed by atoms with van der Waals surface area (Å²) in [6, 6.07) is 12.3. The third-order valence-electron chi connectivity index (χ3n) is 3.93. The van der Waals surface area contributed by atoms with Gasteiger partial charge in [0, 0.05) is 6.42 Å². The summed E-state index contributed by atoms with van der Waals surface area (Å²) < 4.78 is 40.9. The molecule has 0 fully saturated rings. The van der Waals surface area contributed by atoms with E-state index in [1.807, 2.05) is 32.0 Å². The number of hydrogen-bond acceptors (Lipinski definition) is 5. The van der Waals surface area contributed by atoms with Crippen molar-refractivity contribution in [2.24, 2.45) is 0 Å². The molecule has 24 heavy (non-hydrogen) atoms. The van der Waals surface area contributed by atoms with Gasteiger partial charge in [-0.15, -0.1) is 0 Å². The zero-order valence-corrected chi connectivity index (χ0v) is 14.5. The fourth-order valence-corrected chi connectivity index (χ4v) is 3.66. The van der Waals surface area contributed by atoms with Crippen LogP contribution in [0.25, 0.3) is 0 Å². The Morgan fingerprint density at radius 3 is 2.50 bits per heavy atom. The van der Waals surface area contributed by atoms with Crippen molar-refractivity contribution in [1.29, 1.82) is 0 Å². The smallest absolute Gasteiger partial charge is 0.297 e. The summed E-state index contributed by atoms with van der Waals surface area (Å²) in [7, 11) is -3.78. The van der Waals surface area contributed by atoms with Crippen molar-refractivity contribution >= 4 is 10.1 Å². The lowest BCUT2D eigenvalue weighted by molar-refractivity contribution is 0.174. The zero-order valence-electron chi connectivity index (χ0n) is 13.7. The lowest BCUT2D eigenvalue weighted by atomic mass is 10.1. The van der Waals surface area contributed by atoms with Crippen LogP contribution in [-0.2, 0) is 20.7 Å². The molecule has 0 aliphatic carbocycles. The van der Waals surface area contributed by atoms with Gasteiger partial charge < -0.3 is 9.47 Å². The maximum absolute atomic E-state index is 12.4. The van der Waals surface area contributed by atoms with Gasteiger partial charge in [-0.3, -0.25) is 4.18 Å². The summed E-state index contributed by atoms with van der Waals surface area (Å²) in [6.07, 6.45) is 0.634. The van der Waals surface area contributed by atoms with E-state index < -0.39 is 16.2 Å². The molecule has 0 aromatic heterocycles. The molecule has 128 valence electrons. The predicted molar refractivity (Wildman–Crippen MR) is 89.8 cm³/mol. The fourth-order valence-electron chi connectivity index (χ4n) is 2.52. The Morgan fingerprint density at radius 2 is 1.79 bits per heavy atom. The minimum absolute atomic E-state index is 0.178. The Hall–Kier alpha value is -2.05. The highest BCUT2D eigenvalue weighted by Crippen LogP contribution is 2.33. The first-order chi connectivity index (χ1) is 11.5. The molecule has 0 spiro atoms. The van der Waals surface area contributed by atoms with E-state index >= 15 is 0 Å². The van der Waals surface area contributed by atoms with Crippen molar-refractivity contribution in [2.45, 2.75) is 37.7 Å². The van der Waals surface area contributed by atoms with E-state index in [4.69, 9.17) is 13.7 Å². The second kappa shape index (κ2) is 6.83. The Morgan fingerprint density at radius 1 is 1.08 bits per heavy atom. The standard InChI is InChI=1S/C18H20O5S/c1-3-15(10-14-6-9-17-18(11-14)22-12-21-17)23-24(19,20)16-7-4-13(2)5-8-16/h4-9,11,15H,3,10,12H2,1-2H3/t15-/m1/s1. The maximum Gasteiger partial charge on any atom is 0.297 e. The quantitative estimate of drug-likeness (QED) is 0.748. The van der Waals surface area contributed by atoms with Crippen molar-refractivity contribution in [2.75, 3.05) is 6.79 Å². The highest BCUT2D eigenvalue weighted by molar-refractivity contribution is 7.86. The Labute approximate surface area is 142 Å². The van der Waals surface area contributed by atoms with Crippen LogP contribution in [0.2, 0.25) is 0 Å². The summed E-state index contributed by atoms with van der Waals surface area (Å²) in [5.74, 6) is 1.39. The van der Waals surface area contributed by atoms with Gasteiger partial charge in [-0.1, -0.05) is 30.7 Å². The van der Waals surface area contributed by atoms with Crippen molar-refractivity contribution in [3.8, 4) is 11.5 Å². The molecule has 0 radical (unpaired) electrons. The van der Waals surface area contributed by atoms with Crippen molar-refractivity contribution in [3.63, 3.8) is 0 Å². The largest absolute Gasteiger partial charge is 0.454 e. The minimum Gasteiger partial charge on any atom is -0.454 e. The monoisotopic (exact) mass is 348 g/mol. The molecule has 1 atom stereocenters. The average Bonchev–Trinajstić information content (AvgIpc) is 3.02. The van der Waals surface area contributed by atoms with E-state index in [9.17, 15) is 8.42 Å². The highest BCUT2D eigenvalue weighted by atomic mass is 32.2. The molecule has 0 saturated carbocycles. The van der Waals surface area contributed by atoms with E-state index in [2.05, 4.69) is 0 Å². The van der Waals surface area contributed by atoms with E-state index in [1.165, 1.54) is 0 Å². The van der Waals surface area contributed by atoms with E-state index in [0.29, 0.717) is 24.3 Å². The minimum atomic E-state index is -3.78. The summed E-state index contributed by atoms with van der Waals surface area (Å²) >= 11 is 0. The number of rotatable bonds is 6. The molecule has 1 aliphatic heterocycles. The molecule has 0 saturated heterocycles. The van der Waals surface area contributed by atoms with Crippen LogP contribution in [0.3, 0.4) is 0 Å². The van der Waals surface area contributed by atoms with Crippen LogP contribution in [0, 0.1) is 6.92 Å². The molecule has 2 aromatic rings. The number of aryl methyl sites for hydroxylation is 1. The number of benzene rings is 2. The van der Waals surface area contributed by atoms with Crippen molar-refractivity contribution in [1.82, 2.24) is 0 Å². The van der Waals surface area contributed by atoms with E-state index in [1.54, 1.807) is 24.3 Å². The fraction of sp³-hybridized carbons (Fsp3) is 0.333. The summed E-state index contributed by atoms with van der Waals surface area (Å²) in [5.41, 5.74) is 1.95. The topological polar surface area (TPSA) is 61.8 Å². The second-order valence-electron chi connectivity index (χ2n) is 5.79. The SMILES string of the molecule is CC[C@H](Cc1ccc2c(c1)OCO2)OS(=O)(=O)c1ccc(C)cc1. The number of hydrogen-bond donors (Lipinski definition) is 0. The van der Waals surface area contributed by atoms with Crippen LogP contribution in [0.1, 0.15) is 24.5 Å². The van der Waals surface area contributed by atoms with Gasteiger partial charge in [-0.25, -0.2) is 0 Å². The molecular formula is C18H20O5S. The van der Waals surface area contributed by atoms with Gasteiger partial charge in [0.2, 0.25) is 6.79 Å². The average molecular weight is 348 g/mol. The zero-order chi connectivity index (χ0) is 17.2. The molecule has 0 amide bonds. The Balaban J connectivity index is 1.73. The van der Waals surface area contributed by atoms with Crippen LogP contribution in [0.4, 0.5) is 0 Å². The third kappa shape index (κ3) is 3.71. The Kier molecular flexibility index (Phi) is 4.78. The predicted octanol–water partition coefficient (Wildman–Crippen LogP) is 3.45.